The Morgan fingerprint density at radius 1 is 1.13 bits per heavy atom. The van der Waals surface area contributed by atoms with Crippen molar-refractivity contribution in [1.82, 2.24) is 0 Å². The number of rotatable bonds is 3. The number of anilines is 1. The van der Waals surface area contributed by atoms with Crippen molar-refractivity contribution in [3.8, 4) is 0 Å². The molecule has 23 heavy (non-hydrogen) atoms. The molecule has 2 N–H and O–H groups in total. The topological polar surface area (TPSA) is 107 Å². The summed E-state index contributed by atoms with van der Waals surface area (Å²) in [5.74, 6) is 0. The van der Waals surface area contributed by atoms with E-state index in [4.69, 9.17) is 5.14 Å². The quantitative estimate of drug-likeness (QED) is 0.672. The van der Waals surface area contributed by atoms with Gasteiger partial charge in [-0.05, 0) is 43.2 Å². The Labute approximate surface area is 135 Å². The van der Waals surface area contributed by atoms with Crippen LogP contribution in [-0.4, -0.2) is 26.4 Å². The summed E-state index contributed by atoms with van der Waals surface area (Å²) >= 11 is 0. The summed E-state index contributed by atoms with van der Waals surface area (Å²) < 4.78 is 22.8. The number of primary sulfonamides is 1. The number of hydrogen-bond acceptors (Lipinski definition) is 5. The number of nitro groups is 1. The fourth-order valence-electron chi connectivity index (χ4n) is 3.94. The van der Waals surface area contributed by atoms with Gasteiger partial charge in [0.2, 0.25) is 10.0 Å². The molecule has 0 unspecified atom stereocenters. The van der Waals surface area contributed by atoms with Gasteiger partial charge in [-0.3, -0.25) is 10.1 Å². The van der Waals surface area contributed by atoms with Crippen LogP contribution >= 0.6 is 0 Å². The van der Waals surface area contributed by atoms with Gasteiger partial charge in [0, 0.05) is 19.2 Å². The maximum atomic E-state index is 11.4. The predicted octanol–water partition coefficient (Wildman–Crippen LogP) is 2.40. The predicted molar refractivity (Wildman–Crippen MR) is 86.8 cm³/mol. The molecular formula is C15H21N3O4S. The Kier molecular flexibility index (Phi) is 4.05. The summed E-state index contributed by atoms with van der Waals surface area (Å²) in [6, 6.07) is 3.91. The molecule has 0 aromatic heterocycles. The van der Waals surface area contributed by atoms with Crippen molar-refractivity contribution < 1.29 is 13.3 Å². The fourth-order valence-corrected chi connectivity index (χ4v) is 4.47. The second kappa shape index (κ2) is 5.76. The third-order valence-corrected chi connectivity index (χ3v) is 6.21. The lowest BCUT2D eigenvalue weighted by atomic mass is 9.77. The maximum absolute atomic E-state index is 11.4. The van der Waals surface area contributed by atoms with Crippen LogP contribution in [0.3, 0.4) is 0 Å². The van der Waals surface area contributed by atoms with Gasteiger partial charge in [-0.2, -0.15) is 0 Å². The van der Waals surface area contributed by atoms with E-state index in [9.17, 15) is 18.5 Å². The van der Waals surface area contributed by atoms with Crippen LogP contribution < -0.4 is 10.0 Å². The molecule has 0 atom stereocenters. The highest BCUT2D eigenvalue weighted by atomic mass is 32.2. The first-order valence-corrected chi connectivity index (χ1v) is 9.42. The van der Waals surface area contributed by atoms with Gasteiger partial charge in [-0.15, -0.1) is 0 Å². The molecular weight excluding hydrogens is 318 g/mol. The van der Waals surface area contributed by atoms with E-state index < -0.39 is 14.9 Å². The van der Waals surface area contributed by atoms with Crippen molar-refractivity contribution in [3.05, 3.63) is 28.3 Å². The molecule has 2 fully saturated rings. The molecule has 1 spiro atoms. The summed E-state index contributed by atoms with van der Waals surface area (Å²) in [6.07, 6.45) is 7.16. The van der Waals surface area contributed by atoms with Gasteiger partial charge in [0.25, 0.3) is 5.69 Å². The Hall–Kier alpha value is -1.67. The number of hydrogen-bond donors (Lipinski definition) is 1. The van der Waals surface area contributed by atoms with Crippen LogP contribution in [0.5, 0.6) is 0 Å². The van der Waals surface area contributed by atoms with Gasteiger partial charge in [0.15, 0.2) is 0 Å². The van der Waals surface area contributed by atoms with Crippen LogP contribution in [0, 0.1) is 15.5 Å². The SMILES string of the molecule is NS(=O)(=O)c1ccc(N2CCC3(CCCC3)CC2)c([N+](=O)[O-])c1. The number of nitrogens with zero attached hydrogens (tertiary/aromatic N) is 2. The van der Waals surface area contributed by atoms with Crippen molar-refractivity contribution in [3.63, 3.8) is 0 Å². The monoisotopic (exact) mass is 339 g/mol. The van der Waals surface area contributed by atoms with E-state index >= 15 is 0 Å². The summed E-state index contributed by atoms with van der Waals surface area (Å²) in [4.78, 5) is 12.6. The van der Waals surface area contributed by atoms with Crippen LogP contribution in [0.15, 0.2) is 23.1 Å². The molecule has 1 aliphatic heterocycles. The van der Waals surface area contributed by atoms with Crippen LogP contribution in [0.4, 0.5) is 11.4 Å². The lowest BCUT2D eigenvalue weighted by Crippen LogP contribution is -2.39. The largest absolute Gasteiger partial charge is 0.366 e. The molecule has 1 aliphatic carbocycles. The van der Waals surface area contributed by atoms with Crippen LogP contribution in [-0.2, 0) is 10.0 Å². The summed E-state index contributed by atoms with van der Waals surface area (Å²) in [5, 5.41) is 16.4. The molecule has 1 saturated heterocycles. The standard InChI is InChI=1S/C15H21N3O4S/c16-23(21,22)12-3-4-13(14(11-12)18(19)20)17-9-7-15(8-10-17)5-1-2-6-15/h3-4,11H,1-2,5-10H2,(H2,16,21,22). The van der Waals surface area contributed by atoms with Gasteiger partial charge >= 0.3 is 0 Å². The van der Waals surface area contributed by atoms with Crippen molar-refractivity contribution >= 4 is 21.4 Å². The average molecular weight is 339 g/mol. The second-order valence-corrected chi connectivity index (χ2v) is 8.21. The lowest BCUT2D eigenvalue weighted by molar-refractivity contribution is -0.384. The van der Waals surface area contributed by atoms with E-state index in [-0.39, 0.29) is 10.6 Å². The van der Waals surface area contributed by atoms with Crippen molar-refractivity contribution in [2.45, 2.75) is 43.4 Å². The van der Waals surface area contributed by atoms with E-state index in [2.05, 4.69) is 0 Å². The Morgan fingerprint density at radius 3 is 2.26 bits per heavy atom. The Balaban J connectivity index is 1.87. The summed E-state index contributed by atoms with van der Waals surface area (Å²) in [5.41, 5.74) is 0.709. The first-order chi connectivity index (χ1) is 10.8. The van der Waals surface area contributed by atoms with E-state index in [0.29, 0.717) is 11.1 Å². The molecule has 1 aromatic carbocycles. The van der Waals surface area contributed by atoms with Crippen molar-refractivity contribution in [2.24, 2.45) is 10.6 Å². The van der Waals surface area contributed by atoms with Gasteiger partial charge in [-0.25, -0.2) is 13.6 Å². The molecule has 126 valence electrons. The minimum absolute atomic E-state index is 0.195. The zero-order valence-electron chi connectivity index (χ0n) is 12.9. The highest BCUT2D eigenvalue weighted by Gasteiger charge is 2.38. The molecule has 3 rings (SSSR count). The number of nitrogens with two attached hydrogens (primary N) is 1. The summed E-state index contributed by atoms with van der Waals surface area (Å²) in [6.45, 7) is 1.55. The van der Waals surface area contributed by atoms with Gasteiger partial charge in [0.05, 0.1) is 9.82 Å². The molecule has 0 radical (unpaired) electrons. The number of piperidine rings is 1. The third-order valence-electron chi connectivity index (χ3n) is 5.30. The molecule has 0 amide bonds. The van der Waals surface area contributed by atoms with Gasteiger partial charge < -0.3 is 4.90 Å². The molecule has 1 saturated carbocycles. The zero-order valence-corrected chi connectivity index (χ0v) is 13.7. The van der Waals surface area contributed by atoms with E-state index in [1.165, 1.54) is 37.8 Å². The van der Waals surface area contributed by atoms with Crippen LogP contribution in [0.1, 0.15) is 38.5 Å². The number of sulfonamides is 1. The van der Waals surface area contributed by atoms with Gasteiger partial charge in [0.1, 0.15) is 5.69 Å². The van der Waals surface area contributed by atoms with Crippen molar-refractivity contribution in [2.75, 3.05) is 18.0 Å². The Bertz CT molecular complexity index is 716. The number of nitro benzene ring substituents is 1. The van der Waals surface area contributed by atoms with Gasteiger partial charge in [-0.1, -0.05) is 12.8 Å². The smallest absolute Gasteiger partial charge is 0.293 e. The van der Waals surface area contributed by atoms with Crippen molar-refractivity contribution in [1.29, 1.82) is 0 Å². The summed E-state index contributed by atoms with van der Waals surface area (Å²) in [7, 11) is -3.95. The molecule has 1 aromatic rings. The first kappa shape index (κ1) is 16.2. The Morgan fingerprint density at radius 2 is 1.74 bits per heavy atom. The molecule has 2 aliphatic rings. The van der Waals surface area contributed by atoms with E-state index in [1.54, 1.807) is 0 Å². The molecule has 8 heteroatoms. The highest BCUT2D eigenvalue weighted by Crippen LogP contribution is 2.47. The van der Waals surface area contributed by atoms with Crippen LogP contribution in [0.25, 0.3) is 0 Å². The zero-order chi connectivity index (χ0) is 16.7. The normalized spacial score (nSPS) is 20.8. The minimum atomic E-state index is -3.95. The lowest BCUT2D eigenvalue weighted by Gasteiger charge is -2.40. The first-order valence-electron chi connectivity index (χ1n) is 7.87. The third kappa shape index (κ3) is 3.18. The second-order valence-electron chi connectivity index (χ2n) is 6.65. The average Bonchev–Trinajstić information content (AvgIpc) is 2.95. The fraction of sp³-hybridized carbons (Fsp3) is 0.600. The number of benzene rings is 1. The maximum Gasteiger partial charge on any atom is 0.293 e. The minimum Gasteiger partial charge on any atom is -0.366 e. The molecule has 1 heterocycles. The highest BCUT2D eigenvalue weighted by molar-refractivity contribution is 7.89. The molecule has 0 bridgehead atoms. The van der Waals surface area contributed by atoms with E-state index in [1.807, 2.05) is 4.90 Å². The van der Waals surface area contributed by atoms with E-state index in [0.717, 1.165) is 32.0 Å². The van der Waals surface area contributed by atoms with Crippen LogP contribution in [0.2, 0.25) is 0 Å². The molecule has 7 nitrogen and oxygen atoms in total.